The average molecular weight is 301 g/mol. The molecule has 1 heterocycles. The van der Waals surface area contributed by atoms with Crippen LogP contribution in [0.5, 0.6) is 5.75 Å². The van der Waals surface area contributed by atoms with Gasteiger partial charge in [-0.15, -0.1) is 0 Å². The summed E-state index contributed by atoms with van der Waals surface area (Å²) in [4.78, 5) is 4.48. The van der Waals surface area contributed by atoms with E-state index < -0.39 is 0 Å². The van der Waals surface area contributed by atoms with E-state index in [0.717, 1.165) is 22.3 Å². The number of halogens is 1. The monoisotopic (exact) mass is 300 g/mol. The molecule has 0 unspecified atom stereocenters. The van der Waals surface area contributed by atoms with Crippen molar-refractivity contribution in [3.63, 3.8) is 0 Å². The van der Waals surface area contributed by atoms with Crippen LogP contribution in [0.1, 0.15) is 16.7 Å². The van der Waals surface area contributed by atoms with Gasteiger partial charge in [-0.1, -0.05) is 11.6 Å². The van der Waals surface area contributed by atoms with Crippen LogP contribution >= 0.6 is 11.6 Å². The van der Waals surface area contributed by atoms with Gasteiger partial charge < -0.3 is 9.30 Å². The van der Waals surface area contributed by atoms with Gasteiger partial charge in [-0.3, -0.25) is 0 Å². The van der Waals surface area contributed by atoms with E-state index in [2.05, 4.69) is 35.5 Å². The van der Waals surface area contributed by atoms with Gasteiger partial charge in [0.25, 0.3) is 0 Å². The number of hydrogen-bond donors (Lipinski definition) is 0. The SMILES string of the molecule is COc1ccc(Cl)cc1Cn1cnc2cc(C)c(C)cc21. The zero-order chi connectivity index (χ0) is 15.0. The zero-order valence-corrected chi connectivity index (χ0v) is 13.1. The molecular weight excluding hydrogens is 284 g/mol. The fraction of sp³-hybridized carbons (Fsp3) is 0.235. The van der Waals surface area contributed by atoms with Crippen molar-refractivity contribution in [3.8, 4) is 5.75 Å². The van der Waals surface area contributed by atoms with E-state index in [1.54, 1.807) is 7.11 Å². The lowest BCUT2D eigenvalue weighted by molar-refractivity contribution is 0.408. The lowest BCUT2D eigenvalue weighted by Crippen LogP contribution is -2.01. The van der Waals surface area contributed by atoms with Crippen molar-refractivity contribution >= 4 is 22.6 Å². The second-order valence-electron chi connectivity index (χ2n) is 5.25. The standard InChI is InChI=1S/C17H17ClN2O/c1-11-6-15-16(7-12(11)2)20(10-19-15)9-13-8-14(18)4-5-17(13)21-3/h4-8,10H,9H2,1-3H3. The molecule has 3 rings (SSSR count). The second-order valence-corrected chi connectivity index (χ2v) is 5.69. The Hall–Kier alpha value is -2.00. The summed E-state index contributed by atoms with van der Waals surface area (Å²) < 4.78 is 7.53. The van der Waals surface area contributed by atoms with Crippen molar-refractivity contribution in [1.82, 2.24) is 9.55 Å². The Bertz CT molecular complexity index is 808. The Morgan fingerprint density at radius 3 is 2.67 bits per heavy atom. The maximum Gasteiger partial charge on any atom is 0.123 e. The van der Waals surface area contributed by atoms with E-state index in [1.807, 2.05) is 24.5 Å². The minimum Gasteiger partial charge on any atom is -0.496 e. The number of imidazole rings is 1. The first kappa shape index (κ1) is 14.0. The van der Waals surface area contributed by atoms with Gasteiger partial charge in [0.1, 0.15) is 5.75 Å². The predicted molar refractivity (Wildman–Crippen MR) is 86.3 cm³/mol. The quantitative estimate of drug-likeness (QED) is 0.718. The van der Waals surface area contributed by atoms with Crippen LogP contribution < -0.4 is 4.74 Å². The van der Waals surface area contributed by atoms with Crippen LogP contribution in [0.15, 0.2) is 36.7 Å². The van der Waals surface area contributed by atoms with Gasteiger partial charge >= 0.3 is 0 Å². The predicted octanol–water partition coefficient (Wildman–Crippen LogP) is 4.36. The first-order valence-electron chi connectivity index (χ1n) is 6.83. The van der Waals surface area contributed by atoms with Crippen LogP contribution in [0.25, 0.3) is 11.0 Å². The molecule has 0 aliphatic carbocycles. The Morgan fingerprint density at radius 2 is 1.90 bits per heavy atom. The molecule has 0 radical (unpaired) electrons. The molecule has 2 aromatic carbocycles. The van der Waals surface area contributed by atoms with Gasteiger partial charge in [0.15, 0.2) is 0 Å². The van der Waals surface area contributed by atoms with Crippen molar-refractivity contribution in [3.05, 3.63) is 58.4 Å². The molecule has 0 amide bonds. The van der Waals surface area contributed by atoms with Crippen molar-refractivity contribution < 1.29 is 4.74 Å². The topological polar surface area (TPSA) is 27.1 Å². The van der Waals surface area contributed by atoms with Crippen molar-refractivity contribution in [1.29, 1.82) is 0 Å². The van der Waals surface area contributed by atoms with E-state index in [-0.39, 0.29) is 0 Å². The Morgan fingerprint density at radius 1 is 1.14 bits per heavy atom. The summed E-state index contributed by atoms with van der Waals surface area (Å²) >= 11 is 6.10. The molecule has 108 valence electrons. The lowest BCUT2D eigenvalue weighted by Gasteiger charge is -2.11. The summed E-state index contributed by atoms with van der Waals surface area (Å²) in [5, 5.41) is 0.710. The summed E-state index contributed by atoms with van der Waals surface area (Å²) in [7, 11) is 1.67. The molecular formula is C17H17ClN2O. The summed E-state index contributed by atoms with van der Waals surface area (Å²) in [6.07, 6.45) is 1.86. The highest BCUT2D eigenvalue weighted by atomic mass is 35.5. The third kappa shape index (κ3) is 2.61. The number of aromatic nitrogens is 2. The number of fused-ring (bicyclic) bond motifs is 1. The summed E-state index contributed by atoms with van der Waals surface area (Å²) in [5.41, 5.74) is 5.71. The van der Waals surface area contributed by atoms with Crippen LogP contribution in [0, 0.1) is 13.8 Å². The largest absolute Gasteiger partial charge is 0.496 e. The smallest absolute Gasteiger partial charge is 0.123 e. The molecule has 3 nitrogen and oxygen atoms in total. The van der Waals surface area contributed by atoms with Crippen LogP contribution in [0.2, 0.25) is 5.02 Å². The minimum absolute atomic E-state index is 0.683. The van der Waals surface area contributed by atoms with Crippen LogP contribution in [0.4, 0.5) is 0 Å². The minimum atomic E-state index is 0.683. The number of benzene rings is 2. The molecule has 3 aromatic rings. The molecule has 1 aromatic heterocycles. The van der Waals surface area contributed by atoms with Gasteiger partial charge in [0.2, 0.25) is 0 Å². The highest BCUT2D eigenvalue weighted by Gasteiger charge is 2.09. The van der Waals surface area contributed by atoms with Gasteiger partial charge in [-0.2, -0.15) is 0 Å². The maximum absolute atomic E-state index is 6.10. The Balaban J connectivity index is 2.06. The summed E-state index contributed by atoms with van der Waals surface area (Å²) in [6.45, 7) is 4.91. The number of nitrogens with zero attached hydrogens (tertiary/aromatic N) is 2. The van der Waals surface area contributed by atoms with E-state index in [9.17, 15) is 0 Å². The molecule has 0 atom stereocenters. The summed E-state index contributed by atoms with van der Waals surface area (Å²) in [6, 6.07) is 9.97. The van der Waals surface area contributed by atoms with Gasteiger partial charge in [-0.05, 0) is 55.3 Å². The summed E-state index contributed by atoms with van der Waals surface area (Å²) in [5.74, 6) is 0.838. The fourth-order valence-electron chi connectivity index (χ4n) is 2.49. The third-order valence-corrected chi connectivity index (χ3v) is 4.05. The zero-order valence-electron chi connectivity index (χ0n) is 12.4. The lowest BCUT2D eigenvalue weighted by atomic mass is 10.1. The van der Waals surface area contributed by atoms with Crippen LogP contribution in [-0.2, 0) is 6.54 Å². The fourth-order valence-corrected chi connectivity index (χ4v) is 2.69. The molecule has 0 bridgehead atoms. The Labute approximate surface area is 129 Å². The number of hydrogen-bond acceptors (Lipinski definition) is 2. The van der Waals surface area contributed by atoms with Crippen molar-refractivity contribution in [2.24, 2.45) is 0 Å². The van der Waals surface area contributed by atoms with Gasteiger partial charge in [0.05, 0.1) is 31.0 Å². The molecule has 0 saturated heterocycles. The van der Waals surface area contributed by atoms with Gasteiger partial charge in [0, 0.05) is 10.6 Å². The number of methoxy groups -OCH3 is 1. The first-order chi connectivity index (χ1) is 10.1. The molecule has 21 heavy (non-hydrogen) atoms. The van der Waals surface area contributed by atoms with Crippen molar-refractivity contribution in [2.45, 2.75) is 20.4 Å². The maximum atomic E-state index is 6.10. The van der Waals surface area contributed by atoms with Crippen LogP contribution in [0.3, 0.4) is 0 Å². The van der Waals surface area contributed by atoms with Crippen LogP contribution in [-0.4, -0.2) is 16.7 Å². The molecule has 0 fully saturated rings. The molecule has 0 spiro atoms. The number of ether oxygens (including phenoxy) is 1. The van der Waals surface area contributed by atoms with Gasteiger partial charge in [-0.25, -0.2) is 4.98 Å². The molecule has 0 N–H and O–H groups in total. The highest BCUT2D eigenvalue weighted by molar-refractivity contribution is 6.30. The van der Waals surface area contributed by atoms with E-state index in [1.165, 1.54) is 11.1 Å². The molecule has 0 aliphatic rings. The molecule has 0 saturated carbocycles. The van der Waals surface area contributed by atoms with Crippen molar-refractivity contribution in [2.75, 3.05) is 7.11 Å². The van der Waals surface area contributed by atoms with E-state index in [4.69, 9.17) is 16.3 Å². The second kappa shape index (κ2) is 5.41. The number of aryl methyl sites for hydroxylation is 2. The normalized spacial score (nSPS) is 11.0. The third-order valence-electron chi connectivity index (χ3n) is 3.82. The molecule has 4 heteroatoms. The molecule has 0 aliphatic heterocycles. The first-order valence-corrected chi connectivity index (χ1v) is 7.21. The van der Waals surface area contributed by atoms with E-state index in [0.29, 0.717) is 11.6 Å². The number of rotatable bonds is 3. The Kier molecular flexibility index (Phi) is 3.60. The van der Waals surface area contributed by atoms with E-state index >= 15 is 0 Å². The highest BCUT2D eigenvalue weighted by Crippen LogP contribution is 2.25. The average Bonchev–Trinajstić information content (AvgIpc) is 2.82.